The Morgan fingerprint density at radius 3 is 2.78 bits per heavy atom. The van der Waals surface area contributed by atoms with Crippen molar-refractivity contribution >= 4 is 22.2 Å². The molecule has 1 aromatic carbocycles. The van der Waals surface area contributed by atoms with E-state index in [1.165, 1.54) is 0 Å². The molecule has 1 atom stereocenters. The van der Waals surface area contributed by atoms with Crippen LogP contribution in [0, 0.1) is 6.92 Å². The summed E-state index contributed by atoms with van der Waals surface area (Å²) in [6.45, 7) is 1.96. The molecule has 3 rings (SSSR count). The molecule has 0 bridgehead atoms. The molecular formula is C15H13NOS. The number of para-hydroxylation sites is 1. The number of fused-ring (bicyclic) bond motifs is 1. The normalized spacial score (nSPS) is 12.8. The number of hydrogen-bond acceptors (Lipinski definition) is 3. The number of hydrogen-bond donors (Lipinski definition) is 1. The fraction of sp³-hybridized carbons (Fsp3) is 0.133. The van der Waals surface area contributed by atoms with Crippen LogP contribution in [0.1, 0.15) is 22.2 Å². The van der Waals surface area contributed by atoms with Crippen molar-refractivity contribution in [3.05, 3.63) is 64.0 Å². The number of thiophene rings is 1. The van der Waals surface area contributed by atoms with Crippen LogP contribution in [0.2, 0.25) is 0 Å². The number of benzene rings is 1. The molecule has 0 aliphatic carbocycles. The van der Waals surface area contributed by atoms with Crippen molar-refractivity contribution in [2.75, 3.05) is 0 Å². The summed E-state index contributed by atoms with van der Waals surface area (Å²) in [6, 6.07) is 13.8. The summed E-state index contributed by atoms with van der Waals surface area (Å²) in [5.74, 6) is 0. The van der Waals surface area contributed by atoms with Crippen LogP contribution >= 0.6 is 11.3 Å². The zero-order chi connectivity index (χ0) is 12.5. The van der Waals surface area contributed by atoms with Crippen molar-refractivity contribution in [2.24, 2.45) is 0 Å². The van der Waals surface area contributed by atoms with E-state index in [4.69, 9.17) is 0 Å². The average Bonchev–Trinajstić information content (AvgIpc) is 2.90. The van der Waals surface area contributed by atoms with Gasteiger partial charge in [0.15, 0.2) is 0 Å². The van der Waals surface area contributed by atoms with Crippen LogP contribution < -0.4 is 0 Å². The quantitative estimate of drug-likeness (QED) is 0.757. The van der Waals surface area contributed by atoms with Gasteiger partial charge in [-0.2, -0.15) is 0 Å². The molecule has 90 valence electrons. The van der Waals surface area contributed by atoms with E-state index in [1.54, 1.807) is 11.3 Å². The molecule has 2 heterocycles. The second kappa shape index (κ2) is 4.52. The van der Waals surface area contributed by atoms with Crippen LogP contribution in [0.5, 0.6) is 0 Å². The highest BCUT2D eigenvalue weighted by molar-refractivity contribution is 7.10. The molecule has 0 saturated carbocycles. The number of aliphatic hydroxyl groups is 1. The molecule has 2 aromatic heterocycles. The smallest absolute Gasteiger partial charge is 0.114 e. The van der Waals surface area contributed by atoms with E-state index < -0.39 is 6.10 Å². The molecule has 0 fully saturated rings. The first kappa shape index (κ1) is 11.4. The molecule has 1 N–H and O–H groups in total. The Morgan fingerprint density at radius 2 is 2.00 bits per heavy atom. The van der Waals surface area contributed by atoms with Crippen molar-refractivity contribution in [2.45, 2.75) is 13.0 Å². The summed E-state index contributed by atoms with van der Waals surface area (Å²) in [6.07, 6.45) is -0.573. The van der Waals surface area contributed by atoms with E-state index in [0.717, 1.165) is 27.0 Å². The Labute approximate surface area is 110 Å². The summed E-state index contributed by atoms with van der Waals surface area (Å²) in [4.78, 5) is 5.46. The van der Waals surface area contributed by atoms with E-state index in [0.29, 0.717) is 0 Å². The minimum atomic E-state index is -0.573. The number of pyridine rings is 1. The van der Waals surface area contributed by atoms with Gasteiger partial charge in [-0.25, -0.2) is 0 Å². The summed E-state index contributed by atoms with van der Waals surface area (Å²) < 4.78 is 0. The Bertz CT molecular complexity index is 676. The molecule has 0 aliphatic heterocycles. The van der Waals surface area contributed by atoms with Gasteiger partial charge in [0.05, 0.1) is 5.52 Å². The molecule has 0 amide bonds. The lowest BCUT2D eigenvalue weighted by Crippen LogP contribution is -2.00. The van der Waals surface area contributed by atoms with Gasteiger partial charge in [0.1, 0.15) is 6.10 Å². The van der Waals surface area contributed by atoms with Gasteiger partial charge in [0.2, 0.25) is 0 Å². The van der Waals surface area contributed by atoms with E-state index in [-0.39, 0.29) is 0 Å². The molecule has 3 aromatic rings. The van der Waals surface area contributed by atoms with Gasteiger partial charge in [-0.1, -0.05) is 24.3 Å². The number of rotatable bonds is 2. The third kappa shape index (κ3) is 1.92. The summed E-state index contributed by atoms with van der Waals surface area (Å²) in [7, 11) is 0. The van der Waals surface area contributed by atoms with Crippen molar-refractivity contribution in [1.82, 2.24) is 4.98 Å². The number of aryl methyl sites for hydroxylation is 1. The van der Waals surface area contributed by atoms with Crippen LogP contribution in [0.4, 0.5) is 0 Å². The standard InChI is InChI=1S/C15H13NOS/c1-10-9-12(15(17)14-7-4-8-18-14)11-5-2-3-6-13(11)16-10/h2-9,15,17H,1H3. The topological polar surface area (TPSA) is 33.1 Å². The molecular weight excluding hydrogens is 242 g/mol. The van der Waals surface area contributed by atoms with Gasteiger partial charge in [0.25, 0.3) is 0 Å². The lowest BCUT2D eigenvalue weighted by atomic mass is 10.0. The highest BCUT2D eigenvalue weighted by Gasteiger charge is 2.15. The van der Waals surface area contributed by atoms with Crippen LogP contribution in [-0.2, 0) is 0 Å². The SMILES string of the molecule is Cc1cc(C(O)c2cccs2)c2ccccc2n1. The number of nitrogens with zero attached hydrogens (tertiary/aromatic N) is 1. The van der Waals surface area contributed by atoms with Gasteiger partial charge >= 0.3 is 0 Å². The van der Waals surface area contributed by atoms with Crippen LogP contribution in [-0.4, -0.2) is 10.1 Å². The van der Waals surface area contributed by atoms with Crippen LogP contribution in [0.3, 0.4) is 0 Å². The molecule has 0 spiro atoms. The van der Waals surface area contributed by atoms with Crippen molar-refractivity contribution in [1.29, 1.82) is 0 Å². The van der Waals surface area contributed by atoms with Crippen molar-refractivity contribution in [3.63, 3.8) is 0 Å². The summed E-state index contributed by atoms with van der Waals surface area (Å²) in [5, 5.41) is 13.5. The number of aromatic nitrogens is 1. The van der Waals surface area contributed by atoms with Crippen LogP contribution in [0.15, 0.2) is 47.8 Å². The summed E-state index contributed by atoms with van der Waals surface area (Å²) in [5.41, 5.74) is 2.79. The predicted molar refractivity (Wildman–Crippen MR) is 74.9 cm³/mol. The molecule has 2 nitrogen and oxygen atoms in total. The lowest BCUT2D eigenvalue weighted by Gasteiger charge is -2.13. The van der Waals surface area contributed by atoms with E-state index >= 15 is 0 Å². The number of aliphatic hydroxyl groups excluding tert-OH is 1. The van der Waals surface area contributed by atoms with Crippen molar-refractivity contribution < 1.29 is 5.11 Å². The molecule has 1 unspecified atom stereocenters. The average molecular weight is 255 g/mol. The monoisotopic (exact) mass is 255 g/mol. The van der Waals surface area contributed by atoms with Gasteiger partial charge in [-0.05, 0) is 36.1 Å². The third-order valence-electron chi connectivity index (χ3n) is 2.98. The van der Waals surface area contributed by atoms with E-state index in [9.17, 15) is 5.11 Å². The second-order valence-electron chi connectivity index (χ2n) is 4.29. The van der Waals surface area contributed by atoms with Gasteiger partial charge < -0.3 is 5.11 Å². The van der Waals surface area contributed by atoms with Gasteiger partial charge in [0, 0.05) is 16.0 Å². The highest BCUT2D eigenvalue weighted by atomic mass is 32.1. The Kier molecular flexibility index (Phi) is 2.86. The minimum Gasteiger partial charge on any atom is -0.383 e. The predicted octanol–water partition coefficient (Wildman–Crippen LogP) is 3.69. The lowest BCUT2D eigenvalue weighted by molar-refractivity contribution is 0.225. The Hall–Kier alpha value is -1.71. The van der Waals surface area contributed by atoms with Gasteiger partial charge in [-0.3, -0.25) is 4.98 Å². The molecule has 0 radical (unpaired) electrons. The van der Waals surface area contributed by atoms with Crippen LogP contribution in [0.25, 0.3) is 10.9 Å². The largest absolute Gasteiger partial charge is 0.383 e. The summed E-state index contributed by atoms with van der Waals surface area (Å²) >= 11 is 1.57. The van der Waals surface area contributed by atoms with Gasteiger partial charge in [-0.15, -0.1) is 11.3 Å². The Balaban J connectivity index is 2.22. The molecule has 0 saturated heterocycles. The fourth-order valence-corrected chi connectivity index (χ4v) is 2.89. The zero-order valence-corrected chi connectivity index (χ0v) is 10.8. The first-order valence-corrected chi connectivity index (χ1v) is 6.71. The molecule has 3 heteroatoms. The van der Waals surface area contributed by atoms with Crippen molar-refractivity contribution in [3.8, 4) is 0 Å². The molecule has 0 aliphatic rings. The second-order valence-corrected chi connectivity index (χ2v) is 5.27. The van der Waals surface area contributed by atoms with E-state index in [2.05, 4.69) is 4.98 Å². The van der Waals surface area contributed by atoms with E-state index in [1.807, 2.05) is 54.8 Å². The third-order valence-corrected chi connectivity index (χ3v) is 3.91. The maximum Gasteiger partial charge on any atom is 0.114 e. The minimum absolute atomic E-state index is 0.573. The zero-order valence-electron chi connectivity index (χ0n) is 10.00. The first-order valence-electron chi connectivity index (χ1n) is 5.83. The Morgan fingerprint density at radius 1 is 1.17 bits per heavy atom. The maximum absolute atomic E-state index is 10.5. The first-order chi connectivity index (χ1) is 8.75. The highest BCUT2D eigenvalue weighted by Crippen LogP contribution is 2.30. The molecule has 18 heavy (non-hydrogen) atoms. The fourth-order valence-electron chi connectivity index (χ4n) is 2.17. The maximum atomic E-state index is 10.5.